The highest BCUT2D eigenvalue weighted by Crippen LogP contribution is 2.29. The van der Waals surface area contributed by atoms with Crippen molar-refractivity contribution in [2.75, 3.05) is 12.3 Å². The van der Waals surface area contributed by atoms with E-state index in [0.29, 0.717) is 10.0 Å². The van der Waals surface area contributed by atoms with Gasteiger partial charge in [0.2, 0.25) is 0 Å². The molecule has 0 saturated carbocycles. The average Bonchev–Trinajstić information content (AvgIpc) is 2.45. The van der Waals surface area contributed by atoms with Crippen LogP contribution in [0.25, 0.3) is 0 Å². The summed E-state index contributed by atoms with van der Waals surface area (Å²) in [6, 6.07) is 13.7. The highest BCUT2D eigenvalue weighted by molar-refractivity contribution is 7.99. The zero-order chi connectivity index (χ0) is 15.2. The summed E-state index contributed by atoms with van der Waals surface area (Å²) in [5.41, 5.74) is 1.12. The first-order valence-electron chi connectivity index (χ1n) is 6.63. The molecule has 0 fully saturated rings. The third-order valence-corrected chi connectivity index (χ3v) is 5.16. The van der Waals surface area contributed by atoms with Crippen LogP contribution in [0.5, 0.6) is 0 Å². The molecule has 0 aliphatic heterocycles. The summed E-state index contributed by atoms with van der Waals surface area (Å²) >= 11 is 19.9. The van der Waals surface area contributed by atoms with E-state index in [4.69, 9.17) is 34.8 Å². The van der Waals surface area contributed by atoms with Crippen LogP contribution in [0.4, 0.5) is 0 Å². The molecule has 2 aromatic carbocycles. The standard InChI is InChI=1S/C16H16Cl3NS/c1-11(13-4-2-3-5-14(13)18)20-8-9-21-16-7-6-12(17)10-15(16)19/h2-7,10-11,20H,8-9H2,1H3. The van der Waals surface area contributed by atoms with E-state index in [9.17, 15) is 0 Å². The third-order valence-electron chi connectivity index (χ3n) is 3.08. The third kappa shape index (κ3) is 5.08. The minimum absolute atomic E-state index is 0.222. The highest BCUT2D eigenvalue weighted by Gasteiger charge is 2.08. The topological polar surface area (TPSA) is 12.0 Å². The van der Waals surface area contributed by atoms with Crippen molar-refractivity contribution < 1.29 is 0 Å². The monoisotopic (exact) mass is 359 g/mol. The van der Waals surface area contributed by atoms with Gasteiger partial charge in [0.25, 0.3) is 0 Å². The van der Waals surface area contributed by atoms with Gasteiger partial charge in [-0.3, -0.25) is 0 Å². The number of halogens is 3. The van der Waals surface area contributed by atoms with Crippen molar-refractivity contribution in [3.05, 3.63) is 63.1 Å². The number of nitrogens with one attached hydrogen (secondary N) is 1. The smallest absolute Gasteiger partial charge is 0.0556 e. The van der Waals surface area contributed by atoms with Crippen LogP contribution in [0, 0.1) is 0 Å². The molecule has 0 heterocycles. The molecule has 0 saturated heterocycles. The lowest BCUT2D eigenvalue weighted by molar-refractivity contribution is 0.601. The normalized spacial score (nSPS) is 12.4. The Morgan fingerprint density at radius 2 is 1.81 bits per heavy atom. The van der Waals surface area contributed by atoms with E-state index in [-0.39, 0.29) is 6.04 Å². The molecule has 0 radical (unpaired) electrons. The second kappa shape index (κ2) is 8.30. The Morgan fingerprint density at radius 1 is 1.05 bits per heavy atom. The molecular formula is C16H16Cl3NS. The summed E-state index contributed by atoms with van der Waals surface area (Å²) in [6.45, 7) is 2.98. The number of rotatable bonds is 6. The van der Waals surface area contributed by atoms with Gasteiger partial charge in [0.05, 0.1) is 5.02 Å². The van der Waals surface area contributed by atoms with Gasteiger partial charge >= 0.3 is 0 Å². The molecule has 5 heteroatoms. The van der Waals surface area contributed by atoms with E-state index in [1.54, 1.807) is 17.8 Å². The van der Waals surface area contributed by atoms with Crippen LogP contribution < -0.4 is 5.32 Å². The van der Waals surface area contributed by atoms with Gasteiger partial charge in [0.1, 0.15) is 0 Å². The largest absolute Gasteiger partial charge is 0.309 e. The molecule has 2 aromatic rings. The number of hydrogen-bond acceptors (Lipinski definition) is 2. The molecule has 1 nitrogen and oxygen atoms in total. The van der Waals surface area contributed by atoms with Crippen LogP contribution in [-0.4, -0.2) is 12.3 Å². The van der Waals surface area contributed by atoms with E-state index in [1.807, 2.05) is 36.4 Å². The van der Waals surface area contributed by atoms with Crippen LogP contribution in [0.2, 0.25) is 15.1 Å². The zero-order valence-electron chi connectivity index (χ0n) is 11.6. The van der Waals surface area contributed by atoms with Crippen LogP contribution in [-0.2, 0) is 0 Å². The summed E-state index contributed by atoms with van der Waals surface area (Å²) in [5, 5.41) is 5.63. The number of thioether (sulfide) groups is 1. The molecule has 0 aliphatic carbocycles. The summed E-state index contributed by atoms with van der Waals surface area (Å²) in [5.74, 6) is 0.927. The maximum Gasteiger partial charge on any atom is 0.0556 e. The summed E-state index contributed by atoms with van der Waals surface area (Å²) in [6.07, 6.45) is 0. The predicted octanol–water partition coefficient (Wildman–Crippen LogP) is 6.09. The van der Waals surface area contributed by atoms with Crippen molar-refractivity contribution in [3.8, 4) is 0 Å². The second-order valence-electron chi connectivity index (χ2n) is 4.62. The first-order valence-corrected chi connectivity index (χ1v) is 8.75. The minimum atomic E-state index is 0.222. The Kier molecular flexibility index (Phi) is 6.72. The van der Waals surface area contributed by atoms with E-state index < -0.39 is 0 Å². The van der Waals surface area contributed by atoms with Crippen LogP contribution >= 0.6 is 46.6 Å². The van der Waals surface area contributed by atoms with E-state index in [1.165, 1.54) is 0 Å². The maximum atomic E-state index is 6.19. The molecule has 0 aromatic heterocycles. The van der Waals surface area contributed by atoms with Gasteiger partial charge in [-0.25, -0.2) is 0 Å². The van der Waals surface area contributed by atoms with Gasteiger partial charge in [-0.2, -0.15) is 0 Å². The molecule has 112 valence electrons. The Morgan fingerprint density at radius 3 is 2.52 bits per heavy atom. The minimum Gasteiger partial charge on any atom is -0.309 e. The lowest BCUT2D eigenvalue weighted by Gasteiger charge is -2.15. The van der Waals surface area contributed by atoms with Gasteiger partial charge < -0.3 is 5.32 Å². The summed E-state index contributed by atoms with van der Waals surface area (Å²) in [7, 11) is 0. The Hall–Kier alpha value is -0.380. The number of hydrogen-bond donors (Lipinski definition) is 1. The molecule has 2 rings (SSSR count). The lowest BCUT2D eigenvalue weighted by Crippen LogP contribution is -2.21. The lowest BCUT2D eigenvalue weighted by atomic mass is 10.1. The Labute approximate surface area is 145 Å². The molecule has 1 atom stereocenters. The molecule has 0 aliphatic rings. The second-order valence-corrected chi connectivity index (χ2v) is 7.01. The zero-order valence-corrected chi connectivity index (χ0v) is 14.7. The van der Waals surface area contributed by atoms with Gasteiger partial charge in [-0.1, -0.05) is 53.0 Å². The van der Waals surface area contributed by atoms with Crippen molar-refractivity contribution in [1.29, 1.82) is 0 Å². The fraction of sp³-hybridized carbons (Fsp3) is 0.250. The SMILES string of the molecule is CC(NCCSc1ccc(Cl)cc1Cl)c1ccccc1Cl. The molecule has 21 heavy (non-hydrogen) atoms. The first-order chi connectivity index (χ1) is 10.1. The van der Waals surface area contributed by atoms with Crippen molar-refractivity contribution in [2.45, 2.75) is 17.9 Å². The van der Waals surface area contributed by atoms with Crippen LogP contribution in [0.15, 0.2) is 47.4 Å². The van der Waals surface area contributed by atoms with Gasteiger partial charge in [-0.05, 0) is 36.8 Å². The molecule has 1 N–H and O–H groups in total. The van der Waals surface area contributed by atoms with Crippen LogP contribution in [0.1, 0.15) is 18.5 Å². The number of benzene rings is 2. The van der Waals surface area contributed by atoms with Gasteiger partial charge in [0, 0.05) is 33.3 Å². The Balaban J connectivity index is 1.81. The summed E-state index contributed by atoms with van der Waals surface area (Å²) in [4.78, 5) is 1.05. The molecular weight excluding hydrogens is 345 g/mol. The fourth-order valence-electron chi connectivity index (χ4n) is 1.96. The van der Waals surface area contributed by atoms with E-state index in [0.717, 1.165) is 27.8 Å². The summed E-state index contributed by atoms with van der Waals surface area (Å²) < 4.78 is 0. The molecule has 0 spiro atoms. The van der Waals surface area contributed by atoms with Crippen molar-refractivity contribution in [2.24, 2.45) is 0 Å². The van der Waals surface area contributed by atoms with Crippen molar-refractivity contribution >= 4 is 46.6 Å². The average molecular weight is 361 g/mol. The first kappa shape index (κ1) is 17.0. The predicted molar refractivity (Wildman–Crippen MR) is 95.1 cm³/mol. The van der Waals surface area contributed by atoms with Crippen LogP contribution in [0.3, 0.4) is 0 Å². The molecule has 0 amide bonds. The fourth-order valence-corrected chi connectivity index (χ4v) is 3.64. The maximum absolute atomic E-state index is 6.19. The van der Waals surface area contributed by atoms with Gasteiger partial charge in [0.15, 0.2) is 0 Å². The quantitative estimate of drug-likeness (QED) is 0.494. The Bertz CT molecular complexity index is 604. The van der Waals surface area contributed by atoms with Crippen molar-refractivity contribution in [1.82, 2.24) is 5.32 Å². The highest BCUT2D eigenvalue weighted by atomic mass is 35.5. The van der Waals surface area contributed by atoms with Gasteiger partial charge in [-0.15, -0.1) is 11.8 Å². The van der Waals surface area contributed by atoms with Crippen molar-refractivity contribution in [3.63, 3.8) is 0 Å². The molecule has 0 bridgehead atoms. The molecule has 1 unspecified atom stereocenters. The van der Waals surface area contributed by atoms with E-state index in [2.05, 4.69) is 12.2 Å². The van der Waals surface area contributed by atoms with E-state index >= 15 is 0 Å².